The lowest BCUT2D eigenvalue weighted by atomic mass is 10.2. The molecule has 0 radical (unpaired) electrons. The van der Waals surface area contributed by atoms with E-state index in [0.29, 0.717) is 0 Å². The van der Waals surface area contributed by atoms with Crippen LogP contribution in [0.15, 0.2) is 0 Å². The van der Waals surface area contributed by atoms with Crippen molar-refractivity contribution in [3.63, 3.8) is 0 Å². The van der Waals surface area contributed by atoms with E-state index in [0.717, 1.165) is 4.90 Å². The number of methoxy groups -OCH3 is 1. The van der Waals surface area contributed by atoms with E-state index in [1.54, 1.807) is 0 Å². The largest absolute Gasteiger partial charge is 0.465 e. The molecular formula is C7H14N2O5. The Hall–Kier alpha value is -1.34. The van der Waals surface area contributed by atoms with Crippen molar-refractivity contribution in [3.8, 4) is 0 Å². The Labute approximate surface area is 81.3 Å². The van der Waals surface area contributed by atoms with Crippen LogP contribution in [0.1, 0.15) is 0 Å². The molecule has 0 spiro atoms. The van der Waals surface area contributed by atoms with E-state index >= 15 is 0 Å². The predicted octanol–water partition coefficient (Wildman–Crippen LogP) is -1.32. The average molecular weight is 206 g/mol. The molecule has 0 rings (SSSR count). The van der Waals surface area contributed by atoms with Crippen molar-refractivity contribution in [2.75, 3.05) is 27.5 Å². The van der Waals surface area contributed by atoms with Gasteiger partial charge in [-0.1, -0.05) is 0 Å². The molecule has 0 aromatic rings. The zero-order valence-electron chi connectivity index (χ0n) is 8.06. The summed E-state index contributed by atoms with van der Waals surface area (Å²) in [6.45, 7) is -0.596. The zero-order valence-corrected chi connectivity index (χ0v) is 8.06. The number of hydrogen-bond donors (Lipinski definition) is 3. The molecule has 2 amide bonds. The number of carbonyl (C=O) groups is 2. The molecule has 0 bridgehead atoms. The highest BCUT2D eigenvalue weighted by molar-refractivity contribution is 5.85. The Kier molecular flexibility index (Phi) is 5.58. The summed E-state index contributed by atoms with van der Waals surface area (Å²) in [5, 5.41) is 19.7. The lowest BCUT2D eigenvalue weighted by Gasteiger charge is -2.22. The molecule has 7 nitrogen and oxygen atoms in total. The van der Waals surface area contributed by atoms with Gasteiger partial charge in [-0.25, -0.2) is 4.79 Å². The van der Waals surface area contributed by atoms with Gasteiger partial charge in [-0.2, -0.15) is 0 Å². The molecule has 0 saturated heterocycles. The first-order chi connectivity index (χ1) is 6.54. The molecule has 0 saturated carbocycles. The van der Waals surface area contributed by atoms with Crippen molar-refractivity contribution in [2.24, 2.45) is 0 Å². The highest BCUT2D eigenvalue weighted by Crippen LogP contribution is 1.96. The minimum atomic E-state index is -1.28. The number of ether oxygens (including phenoxy) is 1. The fourth-order valence-corrected chi connectivity index (χ4v) is 0.776. The molecule has 0 aromatic carbocycles. The van der Waals surface area contributed by atoms with Crippen molar-refractivity contribution in [1.82, 2.24) is 10.2 Å². The van der Waals surface area contributed by atoms with Crippen LogP contribution in [-0.2, 0) is 9.53 Å². The van der Waals surface area contributed by atoms with Crippen LogP contribution in [0.3, 0.4) is 0 Å². The Morgan fingerprint density at radius 3 is 2.50 bits per heavy atom. The van der Waals surface area contributed by atoms with E-state index < -0.39 is 24.6 Å². The van der Waals surface area contributed by atoms with Crippen molar-refractivity contribution in [2.45, 2.75) is 6.04 Å². The van der Waals surface area contributed by atoms with Crippen LogP contribution in [0.2, 0.25) is 0 Å². The van der Waals surface area contributed by atoms with Crippen LogP contribution in [0.4, 0.5) is 4.79 Å². The number of hydrogen-bond acceptors (Lipinski definition) is 4. The summed E-state index contributed by atoms with van der Waals surface area (Å²) >= 11 is 0. The molecule has 3 N–H and O–H groups in total. The van der Waals surface area contributed by atoms with Crippen molar-refractivity contribution in [3.05, 3.63) is 0 Å². The minimum absolute atomic E-state index is 0.0250. The van der Waals surface area contributed by atoms with E-state index in [1.807, 2.05) is 0 Å². The highest BCUT2D eigenvalue weighted by atomic mass is 16.5. The lowest BCUT2D eigenvalue weighted by molar-refractivity contribution is -0.128. The Morgan fingerprint density at radius 1 is 1.57 bits per heavy atom. The van der Waals surface area contributed by atoms with E-state index in [2.05, 4.69) is 10.1 Å². The summed E-state index contributed by atoms with van der Waals surface area (Å²) in [6.07, 6.45) is -1.28. The van der Waals surface area contributed by atoms with Gasteiger partial charge in [-0.05, 0) is 0 Å². The van der Waals surface area contributed by atoms with Gasteiger partial charge in [0, 0.05) is 14.2 Å². The number of carboxylic acid groups (broad SMARTS) is 1. The monoisotopic (exact) mass is 206 g/mol. The Balaban J connectivity index is 4.25. The molecule has 0 aliphatic heterocycles. The molecule has 0 aromatic heterocycles. The van der Waals surface area contributed by atoms with Gasteiger partial charge in [0.1, 0.15) is 12.8 Å². The molecule has 14 heavy (non-hydrogen) atoms. The Bertz CT molecular complexity index is 208. The number of nitrogens with zero attached hydrogens (tertiary/aromatic N) is 1. The SMILES string of the molecule is COCNC(=O)[C@H](CO)N(C)C(=O)O. The van der Waals surface area contributed by atoms with Crippen LogP contribution in [0, 0.1) is 0 Å². The summed E-state index contributed by atoms with van der Waals surface area (Å²) in [5.74, 6) is -0.598. The number of likely N-dealkylation sites (N-methyl/N-ethyl adjacent to an activating group) is 1. The summed E-state index contributed by atoms with van der Waals surface area (Å²) in [7, 11) is 2.59. The first-order valence-corrected chi connectivity index (χ1v) is 3.87. The van der Waals surface area contributed by atoms with Crippen molar-refractivity contribution < 1.29 is 24.5 Å². The third-order valence-electron chi connectivity index (χ3n) is 1.64. The fraction of sp³-hybridized carbons (Fsp3) is 0.714. The summed E-state index contributed by atoms with van der Waals surface area (Å²) in [4.78, 5) is 22.4. The van der Waals surface area contributed by atoms with Gasteiger partial charge in [-0.3, -0.25) is 9.69 Å². The maximum Gasteiger partial charge on any atom is 0.407 e. The van der Waals surface area contributed by atoms with E-state index in [-0.39, 0.29) is 6.73 Å². The van der Waals surface area contributed by atoms with E-state index in [1.165, 1.54) is 14.2 Å². The molecular weight excluding hydrogens is 192 g/mol. The summed E-state index contributed by atoms with van der Waals surface area (Å²) in [6, 6.07) is -1.11. The lowest BCUT2D eigenvalue weighted by Crippen LogP contribution is -2.49. The van der Waals surface area contributed by atoms with Gasteiger partial charge >= 0.3 is 6.09 Å². The normalized spacial score (nSPS) is 11.9. The van der Waals surface area contributed by atoms with Crippen LogP contribution in [0.25, 0.3) is 0 Å². The smallest absolute Gasteiger partial charge is 0.407 e. The fourth-order valence-electron chi connectivity index (χ4n) is 0.776. The van der Waals surface area contributed by atoms with Crippen molar-refractivity contribution >= 4 is 12.0 Å². The van der Waals surface area contributed by atoms with Crippen LogP contribution in [-0.4, -0.2) is 60.7 Å². The number of carbonyl (C=O) groups excluding carboxylic acids is 1. The molecule has 0 aliphatic carbocycles. The number of nitrogens with one attached hydrogen (secondary N) is 1. The molecule has 1 atom stereocenters. The topological polar surface area (TPSA) is 99.1 Å². The van der Waals surface area contributed by atoms with E-state index in [9.17, 15) is 9.59 Å². The van der Waals surface area contributed by atoms with Gasteiger partial charge in [-0.15, -0.1) is 0 Å². The molecule has 0 fully saturated rings. The predicted molar refractivity (Wildman–Crippen MR) is 46.7 cm³/mol. The van der Waals surface area contributed by atoms with Crippen LogP contribution >= 0.6 is 0 Å². The third-order valence-corrected chi connectivity index (χ3v) is 1.64. The number of aliphatic hydroxyl groups is 1. The second-order valence-corrected chi connectivity index (χ2v) is 2.57. The molecule has 0 heterocycles. The number of rotatable bonds is 5. The van der Waals surface area contributed by atoms with Crippen molar-refractivity contribution in [1.29, 1.82) is 0 Å². The van der Waals surface area contributed by atoms with Crippen LogP contribution < -0.4 is 5.32 Å². The van der Waals surface area contributed by atoms with Gasteiger partial charge in [0.15, 0.2) is 0 Å². The van der Waals surface area contributed by atoms with Gasteiger partial charge in [0.2, 0.25) is 5.91 Å². The first kappa shape index (κ1) is 12.7. The van der Waals surface area contributed by atoms with Gasteiger partial charge < -0.3 is 20.3 Å². The quantitative estimate of drug-likeness (QED) is 0.484. The van der Waals surface area contributed by atoms with Gasteiger partial charge in [0.25, 0.3) is 0 Å². The molecule has 0 unspecified atom stereocenters. The average Bonchev–Trinajstić information content (AvgIpc) is 2.15. The maximum absolute atomic E-state index is 11.2. The number of amides is 2. The minimum Gasteiger partial charge on any atom is -0.465 e. The second kappa shape index (κ2) is 6.17. The summed E-state index contributed by atoms with van der Waals surface area (Å²) < 4.78 is 4.57. The zero-order chi connectivity index (χ0) is 11.1. The second-order valence-electron chi connectivity index (χ2n) is 2.57. The Morgan fingerprint density at radius 2 is 2.14 bits per heavy atom. The first-order valence-electron chi connectivity index (χ1n) is 3.87. The van der Waals surface area contributed by atoms with E-state index in [4.69, 9.17) is 10.2 Å². The summed E-state index contributed by atoms with van der Waals surface area (Å²) in [5.41, 5.74) is 0. The van der Waals surface area contributed by atoms with Crippen LogP contribution in [0.5, 0.6) is 0 Å². The number of aliphatic hydroxyl groups excluding tert-OH is 1. The molecule has 0 aliphatic rings. The molecule has 7 heteroatoms. The highest BCUT2D eigenvalue weighted by Gasteiger charge is 2.25. The third kappa shape index (κ3) is 3.58. The maximum atomic E-state index is 11.2. The standard InChI is InChI=1S/C7H14N2O5/c1-9(7(12)13)5(3-10)6(11)8-4-14-2/h5,10H,3-4H2,1-2H3,(H,8,11)(H,12,13)/t5-/m0/s1. The molecule has 82 valence electrons. The van der Waals surface area contributed by atoms with Gasteiger partial charge in [0.05, 0.1) is 6.61 Å².